The van der Waals surface area contributed by atoms with Gasteiger partial charge in [-0.15, -0.1) is 0 Å². The molecule has 3 heterocycles. The van der Waals surface area contributed by atoms with E-state index in [9.17, 15) is 9.59 Å². The number of nitrogens with zero attached hydrogens (tertiary/aromatic N) is 1. The van der Waals surface area contributed by atoms with Crippen molar-refractivity contribution in [2.75, 3.05) is 6.54 Å². The van der Waals surface area contributed by atoms with E-state index in [1.54, 1.807) is 18.4 Å². The van der Waals surface area contributed by atoms with Crippen molar-refractivity contribution >= 4 is 29.1 Å². The smallest absolute Gasteiger partial charge is 0.290 e. The maximum atomic E-state index is 11.7. The standard InChI is InChI=1S/C21H28N6O2S/c28-19-18(30-21(29)27-19)13-17-9-12-24-20(26-17)25-16-6-4-15(5-7-16)23-11-8-14-3-1-2-10-22-14/h1-3,9-10,12-16,20,22-23,25-26H,4-8,11H2,(H,27,28,29)/b18-13-. The van der Waals surface area contributed by atoms with Crippen LogP contribution in [-0.2, 0) is 4.79 Å². The first kappa shape index (κ1) is 20.9. The molecule has 2 fully saturated rings. The van der Waals surface area contributed by atoms with Gasteiger partial charge in [0.25, 0.3) is 11.1 Å². The lowest BCUT2D eigenvalue weighted by Gasteiger charge is -2.33. The van der Waals surface area contributed by atoms with Crippen LogP contribution in [0.1, 0.15) is 32.1 Å². The molecule has 160 valence electrons. The number of hydrogen-bond donors (Lipinski definition) is 5. The molecule has 0 aromatic rings. The van der Waals surface area contributed by atoms with Crippen LogP contribution in [0.2, 0.25) is 0 Å². The number of amides is 2. The molecule has 5 N–H and O–H groups in total. The quantitative estimate of drug-likeness (QED) is 0.392. The lowest BCUT2D eigenvalue weighted by Crippen LogP contribution is -2.49. The summed E-state index contributed by atoms with van der Waals surface area (Å²) in [6.45, 7) is 1.02. The van der Waals surface area contributed by atoms with E-state index < -0.39 is 0 Å². The Kier molecular flexibility index (Phi) is 7.03. The van der Waals surface area contributed by atoms with E-state index in [0.717, 1.165) is 56.1 Å². The summed E-state index contributed by atoms with van der Waals surface area (Å²) in [5.74, 6) is -0.350. The number of dihydropyridines is 1. The molecule has 9 heteroatoms. The number of carbonyl (C=O) groups excluding carboxylic acids is 2. The highest BCUT2D eigenvalue weighted by Crippen LogP contribution is 2.24. The van der Waals surface area contributed by atoms with E-state index in [2.05, 4.69) is 43.7 Å². The van der Waals surface area contributed by atoms with Crippen molar-refractivity contribution in [2.45, 2.75) is 56.5 Å². The molecule has 1 aliphatic carbocycles. The minimum Gasteiger partial charge on any atom is -0.385 e. The minimum atomic E-state index is -0.350. The van der Waals surface area contributed by atoms with Crippen LogP contribution in [0.25, 0.3) is 0 Å². The van der Waals surface area contributed by atoms with Crippen molar-refractivity contribution in [1.82, 2.24) is 26.6 Å². The van der Waals surface area contributed by atoms with Gasteiger partial charge in [0.15, 0.2) is 6.29 Å². The maximum Gasteiger partial charge on any atom is 0.290 e. The molecule has 4 rings (SSSR count). The zero-order chi connectivity index (χ0) is 20.8. The highest BCUT2D eigenvalue weighted by molar-refractivity contribution is 8.18. The number of allylic oxidation sites excluding steroid dienone is 4. The zero-order valence-corrected chi connectivity index (χ0v) is 17.6. The van der Waals surface area contributed by atoms with Gasteiger partial charge in [-0.05, 0) is 74.8 Å². The fourth-order valence-electron chi connectivity index (χ4n) is 3.99. The van der Waals surface area contributed by atoms with Gasteiger partial charge in [0, 0.05) is 30.0 Å². The summed E-state index contributed by atoms with van der Waals surface area (Å²) in [7, 11) is 0. The molecule has 1 saturated carbocycles. The zero-order valence-electron chi connectivity index (χ0n) is 16.8. The van der Waals surface area contributed by atoms with Gasteiger partial charge < -0.3 is 16.0 Å². The fraction of sp³-hybridized carbons (Fsp3) is 0.476. The van der Waals surface area contributed by atoms with Gasteiger partial charge in [-0.3, -0.25) is 25.2 Å². The summed E-state index contributed by atoms with van der Waals surface area (Å²) in [4.78, 5) is 27.9. The van der Waals surface area contributed by atoms with Gasteiger partial charge in [0.2, 0.25) is 0 Å². The molecule has 8 nitrogen and oxygen atoms in total. The summed E-state index contributed by atoms with van der Waals surface area (Å²) < 4.78 is 0. The summed E-state index contributed by atoms with van der Waals surface area (Å²) >= 11 is 0.918. The Bertz CT molecular complexity index is 810. The third-order valence-electron chi connectivity index (χ3n) is 5.59. The highest BCUT2D eigenvalue weighted by Gasteiger charge is 2.27. The topological polar surface area (TPSA) is 107 Å². The Balaban J connectivity index is 1.16. The normalized spacial score (nSPS) is 32.0. The molecule has 1 saturated heterocycles. The second kappa shape index (κ2) is 10.1. The lowest BCUT2D eigenvalue weighted by atomic mass is 9.91. The van der Waals surface area contributed by atoms with Gasteiger partial charge in [-0.25, -0.2) is 0 Å². The number of rotatable bonds is 7. The molecular formula is C21H28N6O2S. The molecule has 0 aromatic carbocycles. The molecule has 3 aliphatic heterocycles. The molecule has 2 unspecified atom stereocenters. The number of carbonyl (C=O) groups is 2. The van der Waals surface area contributed by atoms with Crippen LogP contribution >= 0.6 is 11.8 Å². The molecule has 30 heavy (non-hydrogen) atoms. The molecule has 0 radical (unpaired) electrons. The first-order valence-electron chi connectivity index (χ1n) is 10.5. The first-order valence-corrected chi connectivity index (χ1v) is 11.3. The second-order valence-corrected chi connectivity index (χ2v) is 8.81. The minimum absolute atomic E-state index is 0.223. The molecular weight excluding hydrogens is 400 g/mol. The average molecular weight is 429 g/mol. The lowest BCUT2D eigenvalue weighted by molar-refractivity contribution is -0.115. The van der Waals surface area contributed by atoms with Crippen LogP contribution in [-0.4, -0.2) is 48.3 Å². The summed E-state index contributed by atoms with van der Waals surface area (Å²) in [5, 5.41) is 15.8. The van der Waals surface area contributed by atoms with Gasteiger partial charge in [-0.2, -0.15) is 0 Å². The van der Waals surface area contributed by atoms with E-state index >= 15 is 0 Å². The molecule has 4 aliphatic rings. The number of thioether (sulfide) groups is 1. The van der Waals surface area contributed by atoms with Crippen LogP contribution in [0.4, 0.5) is 4.79 Å². The van der Waals surface area contributed by atoms with E-state index in [0.29, 0.717) is 23.0 Å². The van der Waals surface area contributed by atoms with Crippen molar-refractivity contribution in [3.63, 3.8) is 0 Å². The number of aliphatic imine (C=N–C) groups is 1. The van der Waals surface area contributed by atoms with E-state index in [1.165, 1.54) is 0 Å². The maximum absolute atomic E-state index is 11.7. The Morgan fingerprint density at radius 3 is 2.73 bits per heavy atom. The molecule has 0 spiro atoms. The Hall–Kier alpha value is -2.36. The predicted octanol–water partition coefficient (Wildman–Crippen LogP) is 1.62. The van der Waals surface area contributed by atoms with Crippen molar-refractivity contribution in [3.8, 4) is 0 Å². The Labute approximate surface area is 180 Å². The van der Waals surface area contributed by atoms with Crippen LogP contribution in [0.3, 0.4) is 0 Å². The molecule has 0 bridgehead atoms. The predicted molar refractivity (Wildman–Crippen MR) is 120 cm³/mol. The van der Waals surface area contributed by atoms with E-state index in [-0.39, 0.29) is 17.4 Å². The van der Waals surface area contributed by atoms with Gasteiger partial charge >= 0.3 is 0 Å². The third kappa shape index (κ3) is 5.84. The highest BCUT2D eigenvalue weighted by atomic mass is 32.2. The average Bonchev–Trinajstić information content (AvgIpc) is 3.07. The molecule has 0 aromatic heterocycles. The Morgan fingerprint density at radius 2 is 2.00 bits per heavy atom. The van der Waals surface area contributed by atoms with Gasteiger partial charge in [0.1, 0.15) is 0 Å². The van der Waals surface area contributed by atoms with Crippen molar-refractivity contribution < 1.29 is 9.59 Å². The summed E-state index contributed by atoms with van der Waals surface area (Å²) in [5.41, 5.74) is 0.769. The SMILES string of the molecule is O=C1NC(=O)/C(=C/C2=CC=NC(NC3CCC(NCCC4C=CC=CN4)CC3)N2)S1. The fourth-order valence-corrected chi connectivity index (χ4v) is 4.66. The van der Waals surface area contributed by atoms with E-state index in [4.69, 9.17) is 0 Å². The number of nitrogens with one attached hydrogen (secondary N) is 5. The van der Waals surface area contributed by atoms with Gasteiger partial charge in [-0.1, -0.05) is 12.2 Å². The van der Waals surface area contributed by atoms with Crippen LogP contribution in [0.15, 0.2) is 52.2 Å². The van der Waals surface area contributed by atoms with E-state index in [1.807, 2.05) is 12.3 Å². The van der Waals surface area contributed by atoms with Crippen LogP contribution in [0, 0.1) is 0 Å². The largest absolute Gasteiger partial charge is 0.385 e. The van der Waals surface area contributed by atoms with Crippen molar-refractivity contribution in [1.29, 1.82) is 0 Å². The number of hydrogen-bond acceptors (Lipinski definition) is 8. The third-order valence-corrected chi connectivity index (χ3v) is 6.40. The summed E-state index contributed by atoms with van der Waals surface area (Å²) in [6, 6.07) is 1.41. The number of imide groups is 1. The van der Waals surface area contributed by atoms with Crippen molar-refractivity contribution in [3.05, 3.63) is 47.2 Å². The Morgan fingerprint density at radius 1 is 1.17 bits per heavy atom. The van der Waals surface area contributed by atoms with Crippen LogP contribution in [0.5, 0.6) is 0 Å². The molecule has 2 atom stereocenters. The van der Waals surface area contributed by atoms with Crippen LogP contribution < -0.4 is 26.6 Å². The van der Waals surface area contributed by atoms with Crippen molar-refractivity contribution in [2.24, 2.45) is 4.99 Å². The monoisotopic (exact) mass is 428 g/mol. The molecule has 2 amide bonds. The summed E-state index contributed by atoms with van der Waals surface area (Å²) in [6.07, 6.45) is 18.9. The first-order chi connectivity index (χ1) is 14.7. The van der Waals surface area contributed by atoms with Gasteiger partial charge in [0.05, 0.1) is 4.91 Å². The second-order valence-electron chi connectivity index (χ2n) is 7.79.